The van der Waals surface area contributed by atoms with Crippen molar-refractivity contribution in [2.24, 2.45) is 0 Å². The van der Waals surface area contributed by atoms with Crippen molar-refractivity contribution in [3.8, 4) is 0 Å². The number of hydrogen-bond acceptors (Lipinski definition) is 5. The summed E-state index contributed by atoms with van der Waals surface area (Å²) in [5.74, 6) is -0.516. The van der Waals surface area contributed by atoms with Gasteiger partial charge in [0, 0.05) is 80.6 Å². The molecule has 1 amide bonds. The standard InChI is InChI=1S/C31H32F6N4OS/c1-43-27-17-23(16-25(18-27)31(35,36)37)29(42)41-14-13-40(12-11-39-10-8-28-22(19-39)3-2-9-38-28)20-26(41)15-21-4-6-24(7-5-21)30(32,33)34/h2-7,9,16-18,26H,8,10-15,19-20H2,1H3/t26-/m1/s1. The van der Waals surface area contributed by atoms with Crippen LogP contribution in [0.15, 0.2) is 65.7 Å². The molecule has 5 rings (SSSR count). The average Bonchev–Trinajstić information content (AvgIpc) is 2.99. The van der Waals surface area contributed by atoms with Gasteiger partial charge in [-0.2, -0.15) is 26.3 Å². The summed E-state index contributed by atoms with van der Waals surface area (Å²) >= 11 is 1.12. The fourth-order valence-corrected chi connectivity index (χ4v) is 6.22. The summed E-state index contributed by atoms with van der Waals surface area (Å²) in [6.07, 6.45) is -4.49. The van der Waals surface area contributed by atoms with Crippen LogP contribution in [0.5, 0.6) is 0 Å². The number of piperazine rings is 1. The minimum Gasteiger partial charge on any atom is -0.333 e. The zero-order chi connectivity index (χ0) is 30.8. The lowest BCUT2D eigenvalue weighted by Crippen LogP contribution is -2.57. The number of alkyl halides is 6. The highest BCUT2D eigenvalue weighted by atomic mass is 32.2. The monoisotopic (exact) mass is 622 g/mol. The summed E-state index contributed by atoms with van der Waals surface area (Å²) in [6.45, 7) is 4.47. The molecule has 2 aliphatic heterocycles. The maximum Gasteiger partial charge on any atom is 0.416 e. The lowest BCUT2D eigenvalue weighted by atomic mass is 9.99. The molecule has 1 aromatic heterocycles. The van der Waals surface area contributed by atoms with Gasteiger partial charge in [0.05, 0.1) is 11.1 Å². The van der Waals surface area contributed by atoms with Gasteiger partial charge in [0.15, 0.2) is 0 Å². The second kappa shape index (κ2) is 12.9. The summed E-state index contributed by atoms with van der Waals surface area (Å²) in [5, 5.41) is 0. The molecule has 0 radical (unpaired) electrons. The molecule has 12 heteroatoms. The largest absolute Gasteiger partial charge is 0.416 e. The Balaban J connectivity index is 1.34. The first-order chi connectivity index (χ1) is 20.4. The molecule has 5 nitrogen and oxygen atoms in total. The van der Waals surface area contributed by atoms with Gasteiger partial charge in [0.25, 0.3) is 5.91 Å². The first-order valence-electron chi connectivity index (χ1n) is 14.0. The molecule has 0 spiro atoms. The molecular formula is C31H32F6N4OS. The lowest BCUT2D eigenvalue weighted by Gasteiger charge is -2.42. The van der Waals surface area contributed by atoms with Crippen molar-refractivity contribution in [3.05, 3.63) is 94.3 Å². The number of hydrogen-bond donors (Lipinski definition) is 0. The third-order valence-electron chi connectivity index (χ3n) is 8.07. The van der Waals surface area contributed by atoms with Crippen molar-refractivity contribution >= 4 is 17.7 Å². The predicted octanol–water partition coefficient (Wildman–Crippen LogP) is 6.27. The van der Waals surface area contributed by atoms with Crippen LogP contribution in [-0.2, 0) is 31.7 Å². The van der Waals surface area contributed by atoms with Crippen molar-refractivity contribution < 1.29 is 31.1 Å². The Labute approximate surface area is 250 Å². The second-order valence-corrected chi connectivity index (χ2v) is 11.8. The highest BCUT2D eigenvalue weighted by molar-refractivity contribution is 7.98. The number of fused-ring (bicyclic) bond motifs is 1. The van der Waals surface area contributed by atoms with E-state index < -0.39 is 35.4 Å². The summed E-state index contributed by atoms with van der Waals surface area (Å²) in [7, 11) is 0. The van der Waals surface area contributed by atoms with Crippen LogP contribution in [0.4, 0.5) is 26.3 Å². The van der Waals surface area contributed by atoms with Crippen molar-refractivity contribution in [2.45, 2.75) is 42.7 Å². The smallest absolute Gasteiger partial charge is 0.333 e. The molecular weight excluding hydrogens is 590 g/mol. The van der Waals surface area contributed by atoms with Crippen LogP contribution in [0.1, 0.15) is 38.3 Å². The molecule has 1 fully saturated rings. The fourth-order valence-electron chi connectivity index (χ4n) is 5.73. The third-order valence-corrected chi connectivity index (χ3v) is 8.78. The second-order valence-electron chi connectivity index (χ2n) is 10.9. The molecule has 43 heavy (non-hydrogen) atoms. The number of rotatable bonds is 7. The van der Waals surface area contributed by atoms with Crippen molar-refractivity contribution in [1.29, 1.82) is 0 Å². The maximum absolute atomic E-state index is 13.7. The normalized spacial score (nSPS) is 18.5. The molecule has 3 heterocycles. The molecule has 0 unspecified atom stereocenters. The molecule has 2 aliphatic rings. The van der Waals surface area contributed by atoms with Crippen molar-refractivity contribution in [2.75, 3.05) is 45.5 Å². The minimum atomic E-state index is -4.61. The van der Waals surface area contributed by atoms with Gasteiger partial charge >= 0.3 is 12.4 Å². The van der Waals surface area contributed by atoms with Crippen molar-refractivity contribution in [3.63, 3.8) is 0 Å². The Hall–Kier alpha value is -3.09. The first-order valence-corrected chi connectivity index (χ1v) is 15.2. The SMILES string of the molecule is CSc1cc(C(=O)N2CCN(CCN3CCc4ncccc4C3)C[C@H]2Cc2ccc(C(F)(F)F)cc2)cc(C(F)(F)F)c1. The summed E-state index contributed by atoms with van der Waals surface area (Å²) in [4.78, 5) is 24.7. The van der Waals surface area contributed by atoms with E-state index in [0.29, 0.717) is 30.1 Å². The van der Waals surface area contributed by atoms with Gasteiger partial charge in [-0.25, -0.2) is 0 Å². The van der Waals surface area contributed by atoms with E-state index in [4.69, 9.17) is 0 Å². The summed E-state index contributed by atoms with van der Waals surface area (Å²) in [6, 6.07) is 11.8. The van der Waals surface area contributed by atoms with Gasteiger partial charge in [-0.3, -0.25) is 19.6 Å². The third kappa shape index (κ3) is 7.71. The van der Waals surface area contributed by atoms with E-state index in [1.54, 1.807) is 17.4 Å². The van der Waals surface area contributed by atoms with E-state index in [9.17, 15) is 31.1 Å². The Kier molecular flexibility index (Phi) is 9.38. The van der Waals surface area contributed by atoms with E-state index in [0.717, 1.165) is 74.3 Å². The number of amides is 1. The summed E-state index contributed by atoms with van der Waals surface area (Å²) < 4.78 is 80.2. The molecule has 1 saturated heterocycles. The number of nitrogens with zero attached hydrogens (tertiary/aromatic N) is 4. The molecule has 0 aliphatic carbocycles. The predicted molar refractivity (Wildman–Crippen MR) is 153 cm³/mol. The first kappa shape index (κ1) is 31.3. The number of carbonyl (C=O) groups excluding carboxylic acids is 1. The highest BCUT2D eigenvalue weighted by Crippen LogP contribution is 2.34. The van der Waals surface area contributed by atoms with Crippen LogP contribution < -0.4 is 0 Å². The van der Waals surface area contributed by atoms with E-state index in [-0.39, 0.29) is 12.0 Å². The maximum atomic E-state index is 13.7. The minimum absolute atomic E-state index is 0.0503. The van der Waals surface area contributed by atoms with Gasteiger partial charge in [-0.1, -0.05) is 18.2 Å². The number of pyridine rings is 1. The molecule has 3 aromatic rings. The molecule has 0 saturated carbocycles. The molecule has 0 N–H and O–H groups in total. The Morgan fingerprint density at radius 3 is 2.33 bits per heavy atom. The fraction of sp³-hybridized carbons (Fsp3) is 0.419. The molecule has 0 bridgehead atoms. The zero-order valence-corrected chi connectivity index (χ0v) is 24.4. The number of benzene rings is 2. The van der Waals surface area contributed by atoms with Crippen LogP contribution in [0.25, 0.3) is 0 Å². The van der Waals surface area contributed by atoms with Crippen LogP contribution in [0, 0.1) is 0 Å². The highest BCUT2D eigenvalue weighted by Gasteiger charge is 2.35. The quantitative estimate of drug-likeness (QED) is 0.230. The van der Waals surface area contributed by atoms with E-state index in [2.05, 4.69) is 20.9 Å². The van der Waals surface area contributed by atoms with E-state index in [1.165, 1.54) is 23.8 Å². The van der Waals surface area contributed by atoms with Gasteiger partial charge in [0.2, 0.25) is 0 Å². The number of halogens is 6. The van der Waals surface area contributed by atoms with Crippen LogP contribution in [0.2, 0.25) is 0 Å². The molecule has 2 aromatic carbocycles. The van der Waals surface area contributed by atoms with Gasteiger partial charge in [-0.15, -0.1) is 11.8 Å². The Morgan fingerprint density at radius 2 is 1.63 bits per heavy atom. The number of carbonyl (C=O) groups is 1. The van der Waals surface area contributed by atoms with E-state index in [1.807, 2.05) is 6.07 Å². The van der Waals surface area contributed by atoms with Crippen LogP contribution in [-0.4, -0.2) is 77.2 Å². The van der Waals surface area contributed by atoms with Crippen LogP contribution in [0.3, 0.4) is 0 Å². The average molecular weight is 623 g/mol. The van der Waals surface area contributed by atoms with Gasteiger partial charge in [0.1, 0.15) is 0 Å². The van der Waals surface area contributed by atoms with Crippen molar-refractivity contribution in [1.82, 2.24) is 19.7 Å². The van der Waals surface area contributed by atoms with E-state index >= 15 is 0 Å². The lowest BCUT2D eigenvalue weighted by molar-refractivity contribution is -0.138. The topological polar surface area (TPSA) is 39.7 Å². The Morgan fingerprint density at radius 1 is 0.907 bits per heavy atom. The summed E-state index contributed by atoms with van der Waals surface area (Å²) in [5.41, 5.74) is 1.23. The molecule has 1 atom stereocenters. The molecule has 230 valence electrons. The number of aromatic nitrogens is 1. The van der Waals surface area contributed by atoms with Gasteiger partial charge < -0.3 is 4.90 Å². The zero-order valence-electron chi connectivity index (χ0n) is 23.6. The Bertz CT molecular complexity index is 1430. The van der Waals surface area contributed by atoms with Gasteiger partial charge in [-0.05, 0) is 60.2 Å². The van der Waals surface area contributed by atoms with Crippen LogP contribution >= 0.6 is 11.8 Å². The number of thioether (sulfide) groups is 1.